The van der Waals surface area contributed by atoms with Crippen molar-refractivity contribution in [2.24, 2.45) is 17.8 Å². The fraction of sp³-hybridized carbons (Fsp3) is 0.731. The minimum atomic E-state index is -1.06. The molecule has 3 aliphatic rings. The first-order valence-electron chi connectivity index (χ1n) is 11.9. The molecule has 8 heteroatoms. The van der Waals surface area contributed by atoms with Crippen LogP contribution in [-0.2, 0) is 33.3 Å². The third-order valence-electron chi connectivity index (χ3n) is 7.55. The van der Waals surface area contributed by atoms with Gasteiger partial charge in [-0.1, -0.05) is 12.2 Å². The van der Waals surface area contributed by atoms with E-state index in [9.17, 15) is 19.5 Å². The van der Waals surface area contributed by atoms with Crippen LogP contribution in [0.4, 0.5) is 0 Å². The van der Waals surface area contributed by atoms with Gasteiger partial charge in [0.2, 0.25) is 0 Å². The van der Waals surface area contributed by atoms with Crippen LogP contribution in [-0.4, -0.2) is 58.6 Å². The van der Waals surface area contributed by atoms with Gasteiger partial charge < -0.3 is 24.1 Å². The second-order valence-corrected chi connectivity index (χ2v) is 10.7. The van der Waals surface area contributed by atoms with Crippen molar-refractivity contribution < 1.29 is 38.4 Å². The Hall–Kier alpha value is -2.19. The van der Waals surface area contributed by atoms with Gasteiger partial charge in [-0.15, -0.1) is 0 Å². The van der Waals surface area contributed by atoms with Gasteiger partial charge >= 0.3 is 17.9 Å². The minimum Gasteiger partial charge on any atom is -0.459 e. The predicted molar refractivity (Wildman–Crippen MR) is 123 cm³/mol. The van der Waals surface area contributed by atoms with Crippen molar-refractivity contribution in [2.75, 3.05) is 0 Å². The standard InChI is InChI=1S/C26H38O8/c1-13-11-19-21-14(2)12-20(31-15(3)27)23(25(6,7)33-16(4)28)22(21)24(32-19)26(8,34-17(5)29)10-9-18(13)30/h12,18-24,30H,1,9-11H2,2-8H3/t18-,19+,20+,21+,22-,23-,24+,26+/m0/s1. The third kappa shape index (κ3) is 5.08. The summed E-state index contributed by atoms with van der Waals surface area (Å²) >= 11 is 0. The van der Waals surface area contributed by atoms with E-state index >= 15 is 0 Å². The molecule has 1 aliphatic carbocycles. The van der Waals surface area contributed by atoms with E-state index in [-0.39, 0.29) is 17.9 Å². The summed E-state index contributed by atoms with van der Waals surface area (Å²) in [4.78, 5) is 36.3. The molecule has 1 N–H and O–H groups in total. The van der Waals surface area contributed by atoms with Crippen molar-refractivity contribution in [3.63, 3.8) is 0 Å². The first kappa shape index (κ1) is 26.4. The summed E-state index contributed by atoms with van der Waals surface area (Å²) in [6.07, 6.45) is 0.788. The summed E-state index contributed by atoms with van der Waals surface area (Å²) in [5, 5.41) is 10.7. The van der Waals surface area contributed by atoms with Crippen LogP contribution >= 0.6 is 0 Å². The second-order valence-electron chi connectivity index (χ2n) is 10.7. The largest absolute Gasteiger partial charge is 0.459 e. The molecule has 190 valence electrons. The highest BCUT2D eigenvalue weighted by Gasteiger charge is 2.63. The van der Waals surface area contributed by atoms with E-state index in [1.807, 2.05) is 33.8 Å². The van der Waals surface area contributed by atoms with E-state index in [1.54, 1.807) is 0 Å². The average molecular weight is 479 g/mol. The third-order valence-corrected chi connectivity index (χ3v) is 7.55. The Kier molecular flexibility index (Phi) is 7.35. The van der Waals surface area contributed by atoms with Crippen molar-refractivity contribution in [3.8, 4) is 0 Å². The van der Waals surface area contributed by atoms with Gasteiger partial charge in [-0.3, -0.25) is 14.4 Å². The van der Waals surface area contributed by atoms with Crippen LogP contribution < -0.4 is 0 Å². The Morgan fingerprint density at radius 1 is 1.18 bits per heavy atom. The Morgan fingerprint density at radius 2 is 1.82 bits per heavy atom. The molecular formula is C26H38O8. The number of aliphatic hydroxyl groups excluding tert-OH is 1. The number of rotatable bonds is 4. The molecule has 2 saturated heterocycles. The summed E-state index contributed by atoms with van der Waals surface area (Å²) in [6.45, 7) is 15.6. The van der Waals surface area contributed by atoms with Crippen LogP contribution in [0.25, 0.3) is 0 Å². The smallest absolute Gasteiger partial charge is 0.303 e. The number of ether oxygens (including phenoxy) is 4. The zero-order chi connectivity index (χ0) is 25.6. The number of carbonyl (C=O) groups excluding carboxylic acids is 3. The van der Waals surface area contributed by atoms with E-state index in [2.05, 4.69) is 6.58 Å². The molecule has 2 fully saturated rings. The highest BCUT2D eigenvalue weighted by Crippen LogP contribution is 2.56. The van der Waals surface area contributed by atoms with E-state index < -0.39 is 53.3 Å². The highest BCUT2D eigenvalue weighted by molar-refractivity contribution is 5.67. The Balaban J connectivity index is 2.20. The summed E-state index contributed by atoms with van der Waals surface area (Å²) in [5.74, 6) is -2.22. The van der Waals surface area contributed by atoms with Crippen molar-refractivity contribution >= 4 is 17.9 Å². The van der Waals surface area contributed by atoms with Gasteiger partial charge in [0.15, 0.2) is 0 Å². The molecule has 0 saturated carbocycles. The molecule has 2 bridgehead atoms. The molecule has 0 aromatic heterocycles. The van der Waals surface area contributed by atoms with Gasteiger partial charge in [0.1, 0.15) is 23.4 Å². The number of fused-ring (bicyclic) bond motifs is 5. The fourth-order valence-electron chi connectivity index (χ4n) is 6.43. The lowest BCUT2D eigenvalue weighted by atomic mass is 9.60. The zero-order valence-corrected chi connectivity index (χ0v) is 21.3. The Morgan fingerprint density at radius 3 is 2.38 bits per heavy atom. The molecule has 0 radical (unpaired) electrons. The SMILES string of the molecule is C=C1C[C@H]2O[C@H]([C@H]3[C@@H]2C(C)=C[C@@H](OC(C)=O)[C@@H]3C(C)(C)OC(C)=O)[C@](C)(OC(C)=O)CC[C@@H]1O. The lowest BCUT2D eigenvalue weighted by Crippen LogP contribution is -2.57. The maximum Gasteiger partial charge on any atom is 0.303 e. The van der Waals surface area contributed by atoms with Crippen LogP contribution in [0.2, 0.25) is 0 Å². The molecular weight excluding hydrogens is 440 g/mol. The van der Waals surface area contributed by atoms with Gasteiger partial charge in [-0.25, -0.2) is 0 Å². The molecule has 3 rings (SSSR count). The van der Waals surface area contributed by atoms with Crippen LogP contribution in [0.15, 0.2) is 23.8 Å². The lowest BCUT2D eigenvalue weighted by molar-refractivity contribution is -0.192. The molecule has 0 unspecified atom stereocenters. The molecule has 0 aromatic carbocycles. The number of carbonyl (C=O) groups is 3. The van der Waals surface area contributed by atoms with Gasteiger partial charge in [-0.05, 0) is 58.6 Å². The maximum absolute atomic E-state index is 12.2. The van der Waals surface area contributed by atoms with E-state index in [4.69, 9.17) is 18.9 Å². The minimum absolute atomic E-state index is 0.131. The number of esters is 3. The molecule has 2 aliphatic heterocycles. The van der Waals surface area contributed by atoms with Crippen LogP contribution in [0.1, 0.15) is 67.7 Å². The molecule has 0 aromatic rings. The molecule has 0 spiro atoms. The van der Waals surface area contributed by atoms with Gasteiger partial charge in [0.05, 0.1) is 12.2 Å². The van der Waals surface area contributed by atoms with Gasteiger partial charge in [-0.2, -0.15) is 0 Å². The lowest BCUT2D eigenvalue weighted by Gasteiger charge is -2.49. The van der Waals surface area contributed by atoms with Gasteiger partial charge in [0.25, 0.3) is 0 Å². The topological polar surface area (TPSA) is 108 Å². The molecule has 34 heavy (non-hydrogen) atoms. The summed E-state index contributed by atoms with van der Waals surface area (Å²) in [7, 11) is 0. The molecule has 0 amide bonds. The summed E-state index contributed by atoms with van der Waals surface area (Å²) in [5.41, 5.74) is -0.424. The quantitative estimate of drug-likeness (QED) is 0.373. The first-order valence-corrected chi connectivity index (χ1v) is 11.9. The predicted octanol–water partition coefficient (Wildman–Crippen LogP) is 3.26. The normalized spacial score (nSPS) is 37.9. The van der Waals surface area contributed by atoms with Crippen LogP contribution in [0.3, 0.4) is 0 Å². The average Bonchev–Trinajstić information content (AvgIpc) is 3.04. The number of aliphatic hydroxyl groups is 1. The van der Waals surface area contributed by atoms with Gasteiger partial charge in [0, 0.05) is 38.5 Å². The van der Waals surface area contributed by atoms with Crippen molar-refractivity contribution in [1.82, 2.24) is 0 Å². The van der Waals surface area contributed by atoms with Crippen LogP contribution in [0.5, 0.6) is 0 Å². The zero-order valence-electron chi connectivity index (χ0n) is 21.3. The first-order chi connectivity index (χ1) is 15.7. The number of hydrogen-bond acceptors (Lipinski definition) is 8. The van der Waals surface area contributed by atoms with E-state index in [0.717, 1.165) is 5.57 Å². The van der Waals surface area contributed by atoms with Crippen molar-refractivity contribution in [2.45, 2.75) is 103 Å². The molecule has 2 heterocycles. The van der Waals surface area contributed by atoms with Crippen LogP contribution in [0, 0.1) is 17.8 Å². The van der Waals surface area contributed by atoms with E-state index in [1.165, 1.54) is 20.8 Å². The monoisotopic (exact) mass is 478 g/mol. The highest BCUT2D eigenvalue weighted by atomic mass is 16.6. The summed E-state index contributed by atoms with van der Waals surface area (Å²) in [6, 6.07) is 0. The fourth-order valence-corrected chi connectivity index (χ4v) is 6.43. The Bertz CT molecular complexity index is 889. The number of hydrogen-bond donors (Lipinski definition) is 1. The summed E-state index contributed by atoms with van der Waals surface area (Å²) < 4.78 is 24.1. The molecule has 8 nitrogen and oxygen atoms in total. The Labute approximate surface area is 201 Å². The maximum atomic E-state index is 12.2. The second kappa shape index (κ2) is 9.46. The van der Waals surface area contributed by atoms with Crippen molar-refractivity contribution in [1.29, 1.82) is 0 Å². The molecule has 8 atom stereocenters. The van der Waals surface area contributed by atoms with Crippen molar-refractivity contribution in [3.05, 3.63) is 23.8 Å². The van der Waals surface area contributed by atoms with E-state index in [0.29, 0.717) is 24.8 Å².